The number of benzene rings is 2. The molecule has 0 heterocycles. The minimum atomic E-state index is 0.464. The fourth-order valence-corrected chi connectivity index (χ4v) is 2.44. The Bertz CT molecular complexity index is 586. The monoisotopic (exact) mass is 386 g/mol. The molecule has 0 atom stereocenters. The molecule has 0 aliphatic heterocycles. The minimum Gasteiger partial charge on any atom is -0.325 e. The molecule has 4 N–H and O–H groups in total. The van der Waals surface area contributed by atoms with Crippen LogP contribution < -0.4 is 16.6 Å². The Kier molecular flexibility index (Phi) is 5.00. The van der Waals surface area contributed by atoms with Crippen molar-refractivity contribution in [3.63, 3.8) is 0 Å². The van der Waals surface area contributed by atoms with Gasteiger partial charge in [-0.05, 0) is 52.9 Å². The molecule has 0 aliphatic rings. The van der Waals surface area contributed by atoms with Crippen molar-refractivity contribution in [1.29, 1.82) is 0 Å². The maximum Gasteiger partial charge on any atom is 0.215 e. The predicted octanol–water partition coefficient (Wildman–Crippen LogP) is 3.51. The highest BCUT2D eigenvalue weighted by Crippen LogP contribution is 2.24. The summed E-state index contributed by atoms with van der Waals surface area (Å²) in [5.74, 6) is 5.94. The molecule has 0 saturated heterocycles. The quantitative estimate of drug-likeness (QED) is 0.243. The van der Waals surface area contributed by atoms with Crippen LogP contribution in [-0.4, -0.2) is 5.96 Å². The van der Waals surface area contributed by atoms with E-state index in [0.29, 0.717) is 11.0 Å². The second-order valence-electron chi connectivity index (χ2n) is 3.69. The molecule has 0 spiro atoms. The molecule has 6 heteroatoms. The molecule has 2 rings (SSSR count). The topological polar surface area (TPSA) is 62.4 Å². The van der Waals surface area contributed by atoms with Crippen LogP contribution in [0.2, 0.25) is 5.02 Å². The van der Waals surface area contributed by atoms with Gasteiger partial charge >= 0.3 is 0 Å². The lowest BCUT2D eigenvalue weighted by molar-refractivity contribution is 1.02. The number of nitrogens with two attached hydrogens (primary N) is 1. The number of hydrogen-bond donors (Lipinski definition) is 3. The number of nitrogens with one attached hydrogen (secondary N) is 2. The van der Waals surface area contributed by atoms with Gasteiger partial charge in [-0.15, -0.1) is 0 Å². The fourth-order valence-electron chi connectivity index (χ4n) is 1.45. The van der Waals surface area contributed by atoms with E-state index in [9.17, 15) is 0 Å². The van der Waals surface area contributed by atoms with Crippen LogP contribution in [0.25, 0.3) is 0 Å². The van der Waals surface area contributed by atoms with E-state index < -0.39 is 0 Å². The summed E-state index contributed by atoms with van der Waals surface area (Å²) in [5.41, 5.74) is 4.24. The lowest BCUT2D eigenvalue weighted by Gasteiger charge is -2.09. The minimum absolute atomic E-state index is 0.464. The maximum absolute atomic E-state index is 5.91. The number of rotatable bonds is 2. The smallest absolute Gasteiger partial charge is 0.215 e. The molecule has 98 valence electrons. The third kappa shape index (κ3) is 4.09. The van der Waals surface area contributed by atoms with E-state index in [4.69, 9.17) is 17.4 Å². The Morgan fingerprint density at radius 3 is 2.53 bits per heavy atom. The predicted molar refractivity (Wildman–Crippen MR) is 88.7 cm³/mol. The molecule has 0 radical (unpaired) electrons. The largest absolute Gasteiger partial charge is 0.325 e. The van der Waals surface area contributed by atoms with Crippen LogP contribution in [0, 0.1) is 3.57 Å². The van der Waals surface area contributed by atoms with Gasteiger partial charge in [0.05, 0.1) is 5.69 Å². The Hall–Kier alpha value is -1.31. The van der Waals surface area contributed by atoms with E-state index >= 15 is 0 Å². The van der Waals surface area contributed by atoms with E-state index in [0.717, 1.165) is 14.9 Å². The third-order valence-corrected chi connectivity index (χ3v) is 3.41. The number of anilines is 1. The summed E-state index contributed by atoms with van der Waals surface area (Å²) in [7, 11) is 0. The van der Waals surface area contributed by atoms with Crippen molar-refractivity contribution >= 4 is 51.5 Å². The van der Waals surface area contributed by atoms with Crippen molar-refractivity contribution < 1.29 is 0 Å². The number of nitrogens with zero attached hydrogens (tertiary/aromatic N) is 1. The zero-order chi connectivity index (χ0) is 13.7. The SMILES string of the molecule is NNC(=Nc1ccc(Cl)cc1I)Nc1ccccc1. The van der Waals surface area contributed by atoms with E-state index in [-0.39, 0.29) is 0 Å². The summed E-state index contributed by atoms with van der Waals surface area (Å²) in [6, 6.07) is 15.1. The van der Waals surface area contributed by atoms with Gasteiger partial charge in [-0.3, -0.25) is 5.43 Å². The number of guanidine groups is 1. The van der Waals surface area contributed by atoms with Gasteiger partial charge in [-0.2, -0.15) is 0 Å². The van der Waals surface area contributed by atoms with E-state index in [1.807, 2.05) is 42.5 Å². The fraction of sp³-hybridized carbons (Fsp3) is 0. The van der Waals surface area contributed by atoms with Crippen LogP contribution >= 0.6 is 34.2 Å². The number of para-hydroxylation sites is 1. The first-order chi connectivity index (χ1) is 9.19. The molecule has 0 aromatic heterocycles. The Labute approximate surface area is 130 Å². The molecular weight excluding hydrogens is 375 g/mol. The molecule has 0 unspecified atom stereocenters. The van der Waals surface area contributed by atoms with Crippen molar-refractivity contribution in [3.8, 4) is 0 Å². The van der Waals surface area contributed by atoms with Gasteiger partial charge in [-0.1, -0.05) is 29.8 Å². The molecule has 0 amide bonds. The Balaban J connectivity index is 2.23. The van der Waals surface area contributed by atoms with Crippen LogP contribution in [0.4, 0.5) is 11.4 Å². The van der Waals surface area contributed by atoms with Gasteiger partial charge in [0, 0.05) is 14.3 Å². The van der Waals surface area contributed by atoms with Crippen LogP contribution in [0.3, 0.4) is 0 Å². The average molecular weight is 387 g/mol. The summed E-state index contributed by atoms with van der Waals surface area (Å²) < 4.78 is 0.952. The maximum atomic E-state index is 5.91. The van der Waals surface area contributed by atoms with Gasteiger partial charge < -0.3 is 5.32 Å². The molecule has 2 aromatic rings. The normalized spacial score (nSPS) is 11.2. The highest BCUT2D eigenvalue weighted by atomic mass is 127. The zero-order valence-electron chi connectivity index (χ0n) is 9.90. The van der Waals surface area contributed by atoms with E-state index in [2.05, 4.69) is 38.3 Å². The highest BCUT2D eigenvalue weighted by Gasteiger charge is 2.02. The third-order valence-electron chi connectivity index (χ3n) is 2.32. The summed E-state index contributed by atoms with van der Waals surface area (Å²) >= 11 is 8.09. The lowest BCUT2D eigenvalue weighted by Crippen LogP contribution is -2.36. The van der Waals surface area contributed by atoms with Gasteiger partial charge in [-0.25, -0.2) is 10.8 Å². The number of halogens is 2. The van der Waals surface area contributed by atoms with Crippen LogP contribution in [0.1, 0.15) is 0 Å². The summed E-state index contributed by atoms with van der Waals surface area (Å²) in [4.78, 5) is 4.42. The molecule has 0 aliphatic carbocycles. The second-order valence-corrected chi connectivity index (χ2v) is 5.29. The van der Waals surface area contributed by atoms with Crippen molar-refractivity contribution in [2.24, 2.45) is 10.8 Å². The Morgan fingerprint density at radius 1 is 1.16 bits per heavy atom. The van der Waals surface area contributed by atoms with Crippen molar-refractivity contribution in [2.45, 2.75) is 0 Å². The van der Waals surface area contributed by atoms with Gasteiger partial charge in [0.15, 0.2) is 0 Å². The Morgan fingerprint density at radius 2 is 1.89 bits per heavy atom. The zero-order valence-corrected chi connectivity index (χ0v) is 12.8. The number of aliphatic imine (C=N–C) groups is 1. The summed E-state index contributed by atoms with van der Waals surface area (Å²) in [6.07, 6.45) is 0. The molecule has 2 aromatic carbocycles. The van der Waals surface area contributed by atoms with Gasteiger partial charge in [0.2, 0.25) is 5.96 Å². The van der Waals surface area contributed by atoms with Crippen molar-refractivity contribution in [2.75, 3.05) is 5.32 Å². The number of hydrogen-bond acceptors (Lipinski definition) is 2. The summed E-state index contributed by atoms with van der Waals surface area (Å²) in [6.45, 7) is 0. The summed E-state index contributed by atoms with van der Waals surface area (Å²) in [5, 5.41) is 3.78. The van der Waals surface area contributed by atoms with Crippen LogP contribution in [0.5, 0.6) is 0 Å². The van der Waals surface area contributed by atoms with Gasteiger partial charge in [0.25, 0.3) is 0 Å². The van der Waals surface area contributed by atoms with Crippen molar-refractivity contribution in [3.05, 3.63) is 57.1 Å². The van der Waals surface area contributed by atoms with E-state index in [1.54, 1.807) is 6.07 Å². The first kappa shape index (κ1) is 14.1. The second kappa shape index (κ2) is 6.74. The highest BCUT2D eigenvalue weighted by molar-refractivity contribution is 14.1. The van der Waals surface area contributed by atoms with Crippen LogP contribution in [0.15, 0.2) is 53.5 Å². The molecule has 4 nitrogen and oxygen atoms in total. The molecular formula is C13H12ClIN4. The lowest BCUT2D eigenvalue weighted by atomic mass is 10.3. The standard InChI is InChI=1S/C13H12ClIN4/c14-9-6-7-12(11(15)8-9)18-13(19-16)17-10-4-2-1-3-5-10/h1-8H,16H2,(H2,17,18,19). The molecule has 0 fully saturated rings. The van der Waals surface area contributed by atoms with Crippen LogP contribution in [-0.2, 0) is 0 Å². The molecule has 0 bridgehead atoms. The first-order valence-electron chi connectivity index (χ1n) is 5.51. The molecule has 19 heavy (non-hydrogen) atoms. The first-order valence-corrected chi connectivity index (χ1v) is 6.97. The number of hydrazine groups is 1. The van der Waals surface area contributed by atoms with Gasteiger partial charge in [0.1, 0.15) is 0 Å². The molecule has 0 saturated carbocycles. The van der Waals surface area contributed by atoms with E-state index in [1.165, 1.54) is 0 Å². The average Bonchev–Trinajstić information content (AvgIpc) is 2.42. The van der Waals surface area contributed by atoms with Crippen molar-refractivity contribution in [1.82, 2.24) is 5.43 Å².